The minimum Gasteiger partial charge on any atom is -0.462 e. The fourth-order valence-electron chi connectivity index (χ4n) is 7.22. The number of aliphatic hydroxyl groups is 5. The number of carbonyl (C=O) groups excluding carboxylic acids is 2. The van der Waals surface area contributed by atoms with Crippen molar-refractivity contribution in [2.24, 2.45) is 0 Å². The topological polar surface area (TPSA) is 276 Å². The lowest BCUT2D eigenvalue weighted by Crippen LogP contribution is -2.64. The zero-order valence-corrected chi connectivity index (χ0v) is 42.9. The zero-order valence-electron chi connectivity index (χ0n) is 41.1. The molecular formula is C50H86O17P2. The Labute approximate surface area is 411 Å². The summed E-state index contributed by atoms with van der Waals surface area (Å²) in [5.41, 5.74) is 0. The first-order valence-electron chi connectivity index (χ1n) is 25.1. The number of allylic oxidation sites excluding steroid dienone is 11. The second-order valence-corrected chi connectivity index (χ2v) is 19.9. The fraction of sp³-hybridized carbons (Fsp3) is 0.720. The van der Waals surface area contributed by atoms with Crippen LogP contribution in [0, 0.1) is 0 Å². The van der Waals surface area contributed by atoms with Gasteiger partial charge in [0.1, 0.15) is 43.2 Å². The summed E-state index contributed by atoms with van der Waals surface area (Å²) < 4.78 is 49.4. The normalized spacial score (nSPS) is 22.2. The highest BCUT2D eigenvalue weighted by Crippen LogP contribution is 2.49. The molecule has 0 amide bonds. The first-order chi connectivity index (χ1) is 33.0. The van der Waals surface area contributed by atoms with Crippen LogP contribution in [0.1, 0.15) is 168 Å². The Kier molecular flexibility index (Phi) is 37.3. The largest absolute Gasteiger partial charge is 0.472 e. The van der Waals surface area contributed by atoms with Gasteiger partial charge in [-0.3, -0.25) is 23.2 Å². The van der Waals surface area contributed by atoms with Gasteiger partial charge in [0.25, 0.3) is 0 Å². The SMILES string of the molecule is CC/C=C/C/C=C/C=C/C(O)CCCCCCCC(=O)O[C@H](COC(=O)CCCCCCCC/C=C\C/C=C\C/C=C\CCCCCC)COP(=O)(O)O[C@H]1C(O)C(O)C(O)[C@@H](OP(=O)(O)O)C1O. The highest BCUT2D eigenvalue weighted by Gasteiger charge is 2.54. The summed E-state index contributed by atoms with van der Waals surface area (Å²) in [4.78, 5) is 54.4. The number of unbranched alkanes of at least 4 members (excludes halogenated alkanes) is 14. The van der Waals surface area contributed by atoms with Crippen LogP contribution in [0.5, 0.6) is 0 Å². The number of hydrogen-bond donors (Lipinski definition) is 8. The molecule has 17 nitrogen and oxygen atoms in total. The number of ether oxygens (including phenoxy) is 2. The Morgan fingerprint density at radius 3 is 1.65 bits per heavy atom. The first-order valence-corrected chi connectivity index (χ1v) is 28.1. The van der Waals surface area contributed by atoms with E-state index in [1.54, 1.807) is 6.08 Å². The quantitative estimate of drug-likeness (QED) is 0.00932. The summed E-state index contributed by atoms with van der Waals surface area (Å²) in [5.74, 6) is -1.30. The number of phosphoric acid groups is 2. The van der Waals surface area contributed by atoms with E-state index in [1.807, 2.05) is 18.2 Å². The van der Waals surface area contributed by atoms with Crippen molar-refractivity contribution in [1.82, 2.24) is 0 Å². The van der Waals surface area contributed by atoms with Crippen molar-refractivity contribution in [2.45, 2.75) is 217 Å². The third-order valence-electron chi connectivity index (χ3n) is 11.1. The van der Waals surface area contributed by atoms with Gasteiger partial charge in [-0.05, 0) is 70.6 Å². The third-order valence-corrected chi connectivity index (χ3v) is 12.6. The second kappa shape index (κ2) is 39.9. The van der Waals surface area contributed by atoms with Crippen molar-refractivity contribution in [1.29, 1.82) is 0 Å². The van der Waals surface area contributed by atoms with E-state index in [2.05, 4.69) is 67.0 Å². The van der Waals surface area contributed by atoms with E-state index in [0.717, 1.165) is 89.9 Å². The van der Waals surface area contributed by atoms with Gasteiger partial charge in [-0.15, -0.1) is 0 Å². The van der Waals surface area contributed by atoms with Crippen molar-refractivity contribution in [3.8, 4) is 0 Å². The van der Waals surface area contributed by atoms with Crippen LogP contribution in [-0.4, -0.2) is 114 Å². The summed E-state index contributed by atoms with van der Waals surface area (Å²) in [7, 11) is -10.7. The predicted octanol–water partition coefficient (Wildman–Crippen LogP) is 8.98. The summed E-state index contributed by atoms with van der Waals surface area (Å²) >= 11 is 0. The fourth-order valence-corrected chi connectivity index (χ4v) is 8.76. The molecule has 6 unspecified atom stereocenters. The maximum atomic E-state index is 13.0. The van der Waals surface area contributed by atoms with Crippen LogP contribution in [0.25, 0.3) is 0 Å². The van der Waals surface area contributed by atoms with Crippen molar-refractivity contribution in [3.63, 3.8) is 0 Å². The van der Waals surface area contributed by atoms with Gasteiger partial charge in [0, 0.05) is 12.8 Å². The number of rotatable bonds is 41. The summed E-state index contributed by atoms with van der Waals surface area (Å²) in [6, 6.07) is 0. The van der Waals surface area contributed by atoms with E-state index in [4.69, 9.17) is 18.5 Å². The lowest BCUT2D eigenvalue weighted by molar-refractivity contribution is -0.216. The van der Waals surface area contributed by atoms with E-state index in [9.17, 15) is 58.9 Å². The van der Waals surface area contributed by atoms with Gasteiger partial charge in [-0.1, -0.05) is 157 Å². The number of hydrogen-bond acceptors (Lipinski definition) is 14. The minimum atomic E-state index is -5.38. The Hall–Kier alpha value is -2.60. The lowest BCUT2D eigenvalue weighted by atomic mass is 9.85. The van der Waals surface area contributed by atoms with Gasteiger partial charge in [-0.25, -0.2) is 9.13 Å². The van der Waals surface area contributed by atoms with Crippen LogP contribution in [-0.2, 0) is 41.8 Å². The molecule has 0 aliphatic heterocycles. The molecule has 0 aromatic carbocycles. The van der Waals surface area contributed by atoms with E-state index < -0.39 is 89.6 Å². The molecule has 8 N–H and O–H groups in total. The number of aliphatic hydroxyl groups excluding tert-OH is 5. The molecule has 1 aliphatic rings. The van der Waals surface area contributed by atoms with Crippen LogP contribution >= 0.6 is 15.6 Å². The smallest absolute Gasteiger partial charge is 0.462 e. The molecule has 1 rings (SSSR count). The van der Waals surface area contributed by atoms with E-state index in [0.29, 0.717) is 25.7 Å². The molecule has 0 radical (unpaired) electrons. The predicted molar refractivity (Wildman–Crippen MR) is 265 cm³/mol. The Morgan fingerprint density at radius 2 is 1.06 bits per heavy atom. The molecule has 0 bridgehead atoms. The molecule has 1 aliphatic carbocycles. The molecule has 0 heterocycles. The molecule has 0 saturated heterocycles. The summed E-state index contributed by atoms with van der Waals surface area (Å²) in [5, 5.41) is 51.5. The zero-order chi connectivity index (χ0) is 51.2. The second-order valence-electron chi connectivity index (χ2n) is 17.3. The number of phosphoric ester groups is 2. The average Bonchev–Trinajstić information content (AvgIpc) is 3.30. The third kappa shape index (κ3) is 34.4. The maximum Gasteiger partial charge on any atom is 0.472 e. The summed E-state index contributed by atoms with van der Waals surface area (Å²) in [6.45, 7) is 2.87. The van der Waals surface area contributed by atoms with Crippen LogP contribution < -0.4 is 0 Å². The lowest BCUT2D eigenvalue weighted by Gasteiger charge is -2.43. The van der Waals surface area contributed by atoms with Crippen molar-refractivity contribution in [3.05, 3.63) is 72.9 Å². The van der Waals surface area contributed by atoms with E-state index in [1.165, 1.54) is 25.7 Å². The Morgan fingerprint density at radius 1 is 0.551 bits per heavy atom. The first kappa shape index (κ1) is 64.4. The van der Waals surface area contributed by atoms with Gasteiger partial charge >= 0.3 is 27.6 Å². The van der Waals surface area contributed by atoms with Gasteiger partial charge in [-0.2, -0.15) is 0 Å². The van der Waals surface area contributed by atoms with Crippen molar-refractivity contribution < 1.29 is 82.0 Å². The maximum absolute atomic E-state index is 13.0. The number of carbonyl (C=O) groups is 2. The molecule has 69 heavy (non-hydrogen) atoms. The monoisotopic (exact) mass is 1020 g/mol. The van der Waals surface area contributed by atoms with Crippen molar-refractivity contribution in [2.75, 3.05) is 13.2 Å². The molecule has 1 fully saturated rings. The average molecular weight is 1020 g/mol. The van der Waals surface area contributed by atoms with Crippen LogP contribution in [0.15, 0.2) is 72.9 Å². The molecule has 0 aromatic rings. The van der Waals surface area contributed by atoms with Gasteiger partial charge in [0.05, 0.1) is 12.7 Å². The highest BCUT2D eigenvalue weighted by atomic mass is 31.2. The van der Waals surface area contributed by atoms with Crippen molar-refractivity contribution >= 4 is 27.6 Å². The molecule has 1 saturated carbocycles. The van der Waals surface area contributed by atoms with E-state index >= 15 is 0 Å². The molecule has 0 aromatic heterocycles. The summed E-state index contributed by atoms with van der Waals surface area (Å²) in [6.07, 6.45) is 30.0. The minimum absolute atomic E-state index is 0.0322. The van der Waals surface area contributed by atoms with Crippen LogP contribution in [0.2, 0.25) is 0 Å². The Bertz CT molecular complexity index is 1630. The van der Waals surface area contributed by atoms with E-state index in [-0.39, 0.29) is 12.8 Å². The molecule has 19 heteroatoms. The number of esters is 2. The standard InChI is InChI=1S/C50H86O17P2/c1-3-5-7-9-11-12-13-14-15-16-17-18-19-20-21-22-23-25-29-33-37-43(52)63-39-42(65-44(53)38-34-30-26-28-32-36-41(51)35-31-27-24-10-8-6-4-2)40-64-69(61,62)67-50-47(56)45(54)46(55)49(48(50)57)66-68(58,59)60/h6,8,12-13,15-16,18-19,24,27,31,35,41-42,45-51,54-57H,3-5,7,9-11,14,17,20-23,25-26,28-30,32-34,36-40H2,1-2H3,(H,61,62)(H2,58,59,60)/b8-6+,13-12-,16-15-,19-18-,27-24+,35-31+/t41?,42-,45?,46?,47?,48?,49-,50+/m1/s1. The van der Waals surface area contributed by atoms with Crippen LogP contribution in [0.4, 0.5) is 0 Å². The molecular weight excluding hydrogens is 934 g/mol. The Balaban J connectivity index is 2.60. The van der Waals surface area contributed by atoms with Gasteiger partial charge in [0.15, 0.2) is 6.10 Å². The van der Waals surface area contributed by atoms with Gasteiger partial charge < -0.3 is 49.7 Å². The molecule has 9 atom stereocenters. The van der Waals surface area contributed by atoms with Crippen LogP contribution in [0.3, 0.4) is 0 Å². The highest BCUT2D eigenvalue weighted by molar-refractivity contribution is 7.47. The molecule has 0 spiro atoms. The van der Waals surface area contributed by atoms with Gasteiger partial charge in [0.2, 0.25) is 0 Å². The molecule has 398 valence electrons.